The summed E-state index contributed by atoms with van der Waals surface area (Å²) in [4.78, 5) is 11.2. The van der Waals surface area contributed by atoms with Crippen LogP contribution in [-0.4, -0.2) is 54.0 Å². The first-order valence-electron chi connectivity index (χ1n) is 10.4. The van der Waals surface area contributed by atoms with Gasteiger partial charge in [0.25, 0.3) is 0 Å². The van der Waals surface area contributed by atoms with Crippen LogP contribution in [0.2, 0.25) is 0 Å². The van der Waals surface area contributed by atoms with Crippen LogP contribution in [0.15, 0.2) is 36.5 Å². The maximum atomic E-state index is 9.31. The Morgan fingerprint density at radius 1 is 1.24 bits per heavy atom. The van der Waals surface area contributed by atoms with Gasteiger partial charge in [0.2, 0.25) is 5.95 Å². The lowest BCUT2D eigenvalue weighted by Crippen LogP contribution is -2.36. The minimum Gasteiger partial charge on any atom is -0.396 e. The van der Waals surface area contributed by atoms with Gasteiger partial charge >= 0.3 is 0 Å². The maximum Gasteiger partial charge on any atom is 0.224 e. The first kappa shape index (κ1) is 19.9. The largest absolute Gasteiger partial charge is 0.396 e. The van der Waals surface area contributed by atoms with Gasteiger partial charge in [0.15, 0.2) is 0 Å². The van der Waals surface area contributed by atoms with E-state index in [4.69, 9.17) is 10.5 Å². The Hall–Kier alpha value is -2.42. The van der Waals surface area contributed by atoms with Crippen molar-refractivity contribution in [3.63, 3.8) is 0 Å². The summed E-state index contributed by atoms with van der Waals surface area (Å²) in [6.45, 7) is 3.55. The molecule has 5 N–H and O–H groups in total. The molecule has 2 aliphatic rings. The van der Waals surface area contributed by atoms with Crippen LogP contribution in [0.3, 0.4) is 0 Å². The molecular formula is C21H30N6O2. The van der Waals surface area contributed by atoms with Crippen molar-refractivity contribution in [2.24, 2.45) is 11.7 Å². The second-order valence-electron chi connectivity index (χ2n) is 7.78. The fraction of sp³-hybridized carbons (Fsp3) is 0.524. The maximum absolute atomic E-state index is 9.31. The normalized spacial score (nSPS) is 23.0. The molecule has 0 radical (unpaired) electrons. The van der Waals surface area contributed by atoms with Crippen LogP contribution in [0.25, 0.3) is 0 Å². The molecule has 2 aromatic rings. The van der Waals surface area contributed by atoms with Crippen molar-refractivity contribution in [2.45, 2.75) is 31.5 Å². The van der Waals surface area contributed by atoms with Crippen LogP contribution < -0.4 is 21.3 Å². The van der Waals surface area contributed by atoms with Crippen molar-refractivity contribution >= 4 is 17.5 Å². The second-order valence-corrected chi connectivity index (χ2v) is 7.78. The summed E-state index contributed by atoms with van der Waals surface area (Å²) in [5.74, 6) is 1.65. The van der Waals surface area contributed by atoms with Gasteiger partial charge in [0.1, 0.15) is 12.0 Å². The van der Waals surface area contributed by atoms with Gasteiger partial charge in [0.05, 0.1) is 13.2 Å². The molecule has 1 aromatic carbocycles. The number of aromatic nitrogens is 2. The van der Waals surface area contributed by atoms with Crippen molar-refractivity contribution < 1.29 is 9.84 Å². The molecule has 2 heterocycles. The minimum atomic E-state index is -0.371. The van der Waals surface area contributed by atoms with Crippen molar-refractivity contribution in [3.05, 3.63) is 42.1 Å². The van der Waals surface area contributed by atoms with Crippen LogP contribution >= 0.6 is 0 Å². The molecule has 3 unspecified atom stereocenters. The molecule has 0 bridgehead atoms. The smallest absolute Gasteiger partial charge is 0.224 e. The molecule has 1 aliphatic heterocycles. The average Bonchev–Trinajstić information content (AvgIpc) is 3.22. The lowest BCUT2D eigenvalue weighted by Gasteiger charge is -2.29. The molecule has 1 aliphatic carbocycles. The molecule has 8 nitrogen and oxygen atoms in total. The third-order valence-corrected chi connectivity index (χ3v) is 5.70. The fourth-order valence-electron chi connectivity index (χ4n) is 4.04. The molecule has 2 fully saturated rings. The summed E-state index contributed by atoms with van der Waals surface area (Å²) in [5.41, 5.74) is 8.58. The molecule has 1 saturated heterocycles. The SMILES string of the molecule is NC(Nc1ccnc(NC2CCC(CO)C2)n1)c1cccc(N2CCOCC2)c1. The van der Waals surface area contributed by atoms with E-state index in [9.17, 15) is 5.11 Å². The predicted molar refractivity (Wildman–Crippen MR) is 114 cm³/mol. The summed E-state index contributed by atoms with van der Waals surface area (Å²) in [7, 11) is 0. The zero-order valence-corrected chi connectivity index (χ0v) is 16.6. The zero-order valence-electron chi connectivity index (χ0n) is 16.6. The van der Waals surface area contributed by atoms with Crippen molar-refractivity contribution in [3.8, 4) is 0 Å². The quantitative estimate of drug-likeness (QED) is 0.524. The van der Waals surface area contributed by atoms with Crippen molar-refractivity contribution in [2.75, 3.05) is 48.4 Å². The summed E-state index contributed by atoms with van der Waals surface area (Å²) < 4.78 is 5.44. The third kappa shape index (κ3) is 5.14. The van der Waals surface area contributed by atoms with Crippen LogP contribution in [0.5, 0.6) is 0 Å². The number of morpholine rings is 1. The Morgan fingerprint density at radius 2 is 2.10 bits per heavy atom. The molecule has 29 heavy (non-hydrogen) atoms. The third-order valence-electron chi connectivity index (χ3n) is 5.70. The molecule has 1 saturated carbocycles. The Balaban J connectivity index is 1.39. The first-order chi connectivity index (χ1) is 14.2. The molecular weight excluding hydrogens is 368 g/mol. The van der Waals surface area contributed by atoms with E-state index in [0.29, 0.717) is 23.7 Å². The molecule has 156 valence electrons. The number of nitrogens with zero attached hydrogens (tertiary/aromatic N) is 3. The lowest BCUT2D eigenvalue weighted by molar-refractivity contribution is 0.122. The number of nitrogens with one attached hydrogen (secondary N) is 2. The Morgan fingerprint density at radius 3 is 2.90 bits per heavy atom. The Bertz CT molecular complexity index is 798. The molecule has 0 amide bonds. The highest BCUT2D eigenvalue weighted by Crippen LogP contribution is 2.27. The van der Waals surface area contributed by atoms with E-state index in [0.717, 1.165) is 56.8 Å². The summed E-state index contributed by atoms with van der Waals surface area (Å²) in [6, 6.07) is 10.4. The van der Waals surface area contributed by atoms with Gasteiger partial charge < -0.3 is 31.1 Å². The first-order valence-corrected chi connectivity index (χ1v) is 10.4. The monoisotopic (exact) mass is 398 g/mol. The topological polar surface area (TPSA) is 109 Å². The summed E-state index contributed by atoms with van der Waals surface area (Å²) in [6.07, 6.45) is 4.37. The number of rotatable bonds is 7. The van der Waals surface area contributed by atoms with Crippen LogP contribution in [0.4, 0.5) is 17.5 Å². The van der Waals surface area contributed by atoms with E-state index >= 15 is 0 Å². The minimum absolute atomic E-state index is 0.249. The van der Waals surface area contributed by atoms with E-state index in [1.807, 2.05) is 18.2 Å². The van der Waals surface area contributed by atoms with Gasteiger partial charge in [-0.1, -0.05) is 12.1 Å². The van der Waals surface area contributed by atoms with Gasteiger partial charge in [-0.3, -0.25) is 0 Å². The number of nitrogens with two attached hydrogens (primary N) is 1. The van der Waals surface area contributed by atoms with Crippen LogP contribution in [0, 0.1) is 5.92 Å². The molecule has 8 heteroatoms. The van der Waals surface area contributed by atoms with E-state index in [-0.39, 0.29) is 12.8 Å². The number of anilines is 3. The number of hydrogen-bond acceptors (Lipinski definition) is 8. The number of hydrogen-bond donors (Lipinski definition) is 4. The van der Waals surface area contributed by atoms with Crippen LogP contribution in [-0.2, 0) is 4.74 Å². The summed E-state index contributed by atoms with van der Waals surface area (Å²) >= 11 is 0. The van der Waals surface area contributed by atoms with Gasteiger partial charge in [-0.2, -0.15) is 4.98 Å². The molecule has 3 atom stereocenters. The average molecular weight is 399 g/mol. The van der Waals surface area contributed by atoms with Crippen molar-refractivity contribution in [1.82, 2.24) is 9.97 Å². The van der Waals surface area contributed by atoms with E-state index in [2.05, 4.69) is 37.6 Å². The number of aliphatic hydroxyl groups is 1. The van der Waals surface area contributed by atoms with E-state index in [1.54, 1.807) is 6.20 Å². The van der Waals surface area contributed by atoms with Gasteiger partial charge in [-0.05, 0) is 48.9 Å². The number of benzene rings is 1. The van der Waals surface area contributed by atoms with Gasteiger partial charge in [-0.25, -0.2) is 4.98 Å². The van der Waals surface area contributed by atoms with E-state index < -0.39 is 0 Å². The van der Waals surface area contributed by atoms with Crippen LogP contribution in [0.1, 0.15) is 31.0 Å². The number of aliphatic hydroxyl groups excluding tert-OH is 1. The summed E-state index contributed by atoms with van der Waals surface area (Å²) in [5, 5.41) is 16.0. The second kappa shape index (κ2) is 9.39. The van der Waals surface area contributed by atoms with Gasteiger partial charge in [-0.15, -0.1) is 0 Å². The van der Waals surface area contributed by atoms with Gasteiger partial charge in [0, 0.05) is 37.6 Å². The standard InChI is InChI=1S/C21H30N6O2/c22-20(16-2-1-3-18(13-16)27-8-10-29-11-9-27)25-19-6-7-23-21(26-19)24-17-5-4-15(12-17)14-28/h1-3,6-7,13,15,17,20,28H,4-5,8-12,14,22H2,(H2,23,24,25,26). The van der Waals surface area contributed by atoms with E-state index in [1.165, 1.54) is 0 Å². The van der Waals surface area contributed by atoms with Crippen molar-refractivity contribution in [1.29, 1.82) is 0 Å². The lowest BCUT2D eigenvalue weighted by atomic mass is 10.1. The molecule has 1 aromatic heterocycles. The highest BCUT2D eigenvalue weighted by molar-refractivity contribution is 5.51. The zero-order chi connectivity index (χ0) is 20.1. The molecule has 4 rings (SSSR count). The Labute approximate surface area is 171 Å². The number of ether oxygens (including phenoxy) is 1. The highest BCUT2D eigenvalue weighted by Gasteiger charge is 2.24. The fourth-order valence-corrected chi connectivity index (χ4v) is 4.04. The molecule has 0 spiro atoms. The highest BCUT2D eigenvalue weighted by atomic mass is 16.5. The Kier molecular flexibility index (Phi) is 6.43. The predicted octanol–water partition coefficient (Wildman–Crippen LogP) is 1.96.